The molecular formula is C10H21NO2. The van der Waals surface area contributed by atoms with Crippen LogP contribution in [0.5, 0.6) is 0 Å². The molecule has 0 spiro atoms. The van der Waals surface area contributed by atoms with Crippen molar-refractivity contribution < 1.29 is 9.53 Å². The molecular weight excluding hydrogens is 166 g/mol. The minimum absolute atomic E-state index is 0.766. The Morgan fingerprint density at radius 2 is 1.92 bits per heavy atom. The standard InChI is InChI=1S/C10H21NO2/c1-3-4-5-8-13-9-6-7-11(2)10-12/h10H,3-9H2,1-2H3. The summed E-state index contributed by atoms with van der Waals surface area (Å²) < 4.78 is 5.39. The van der Waals surface area contributed by atoms with Crippen LogP contribution < -0.4 is 0 Å². The zero-order valence-electron chi connectivity index (χ0n) is 8.79. The van der Waals surface area contributed by atoms with Gasteiger partial charge >= 0.3 is 0 Å². The molecule has 0 saturated heterocycles. The van der Waals surface area contributed by atoms with Gasteiger partial charge in [-0.1, -0.05) is 19.8 Å². The summed E-state index contributed by atoms with van der Waals surface area (Å²) in [6, 6.07) is 0. The number of amides is 1. The number of ether oxygens (including phenoxy) is 1. The summed E-state index contributed by atoms with van der Waals surface area (Å²) in [6.45, 7) is 4.59. The van der Waals surface area contributed by atoms with E-state index in [4.69, 9.17) is 4.74 Å². The Hall–Kier alpha value is -0.570. The number of carbonyl (C=O) groups is 1. The number of carbonyl (C=O) groups excluding carboxylic acids is 1. The Bertz CT molecular complexity index is 117. The van der Waals surface area contributed by atoms with E-state index < -0.39 is 0 Å². The first-order chi connectivity index (χ1) is 6.31. The molecule has 3 heteroatoms. The maximum atomic E-state index is 10.2. The molecule has 0 aromatic rings. The number of rotatable bonds is 9. The van der Waals surface area contributed by atoms with E-state index in [2.05, 4.69) is 6.92 Å². The highest BCUT2D eigenvalue weighted by Crippen LogP contribution is 1.94. The molecule has 3 nitrogen and oxygen atoms in total. The first-order valence-corrected chi connectivity index (χ1v) is 5.04. The Morgan fingerprint density at radius 1 is 1.23 bits per heavy atom. The summed E-state index contributed by atoms with van der Waals surface area (Å²) in [4.78, 5) is 11.8. The van der Waals surface area contributed by atoms with Crippen molar-refractivity contribution in [3.63, 3.8) is 0 Å². The topological polar surface area (TPSA) is 29.5 Å². The van der Waals surface area contributed by atoms with Crippen LogP contribution in [0.3, 0.4) is 0 Å². The predicted molar refractivity (Wildman–Crippen MR) is 53.7 cm³/mol. The zero-order chi connectivity index (χ0) is 9.94. The highest BCUT2D eigenvalue weighted by atomic mass is 16.5. The molecule has 13 heavy (non-hydrogen) atoms. The van der Waals surface area contributed by atoms with Crippen molar-refractivity contribution in [2.45, 2.75) is 32.6 Å². The molecule has 0 radical (unpaired) electrons. The van der Waals surface area contributed by atoms with Gasteiger partial charge in [0.15, 0.2) is 0 Å². The van der Waals surface area contributed by atoms with Crippen molar-refractivity contribution in [2.24, 2.45) is 0 Å². The quantitative estimate of drug-likeness (QED) is 0.406. The van der Waals surface area contributed by atoms with Gasteiger partial charge in [0.1, 0.15) is 0 Å². The Balaban J connectivity index is 2.95. The lowest BCUT2D eigenvalue weighted by molar-refractivity contribution is -0.117. The van der Waals surface area contributed by atoms with Crippen molar-refractivity contribution in [1.82, 2.24) is 4.90 Å². The summed E-state index contributed by atoms with van der Waals surface area (Å²) in [5, 5.41) is 0. The normalized spacial score (nSPS) is 10.0. The molecule has 0 saturated carbocycles. The van der Waals surface area contributed by atoms with Gasteiger partial charge in [-0.15, -0.1) is 0 Å². The summed E-state index contributed by atoms with van der Waals surface area (Å²) in [5.41, 5.74) is 0. The minimum Gasteiger partial charge on any atom is -0.381 e. The maximum Gasteiger partial charge on any atom is 0.209 e. The van der Waals surface area contributed by atoms with Crippen LogP contribution in [0, 0.1) is 0 Å². The smallest absolute Gasteiger partial charge is 0.209 e. The van der Waals surface area contributed by atoms with Crippen LogP contribution in [-0.2, 0) is 9.53 Å². The van der Waals surface area contributed by atoms with E-state index in [1.54, 1.807) is 11.9 Å². The fourth-order valence-electron chi connectivity index (χ4n) is 1.02. The second-order valence-electron chi connectivity index (χ2n) is 3.26. The lowest BCUT2D eigenvalue weighted by atomic mass is 10.3. The molecule has 0 aromatic heterocycles. The predicted octanol–water partition coefficient (Wildman–Crippen LogP) is 1.67. The first-order valence-electron chi connectivity index (χ1n) is 5.04. The van der Waals surface area contributed by atoms with Crippen LogP contribution in [0.25, 0.3) is 0 Å². The van der Waals surface area contributed by atoms with Gasteiger partial charge in [0.2, 0.25) is 6.41 Å². The van der Waals surface area contributed by atoms with E-state index in [-0.39, 0.29) is 0 Å². The molecule has 0 fully saturated rings. The Labute approximate surface area is 81.1 Å². The third kappa shape index (κ3) is 9.34. The van der Waals surface area contributed by atoms with Crippen molar-refractivity contribution >= 4 is 6.41 Å². The van der Waals surface area contributed by atoms with Gasteiger partial charge in [0.25, 0.3) is 0 Å². The van der Waals surface area contributed by atoms with E-state index in [0.717, 1.165) is 39.0 Å². The van der Waals surface area contributed by atoms with Crippen LogP contribution >= 0.6 is 0 Å². The highest BCUT2D eigenvalue weighted by molar-refractivity contribution is 5.46. The molecule has 0 heterocycles. The van der Waals surface area contributed by atoms with E-state index in [0.29, 0.717) is 0 Å². The number of hydrogen-bond acceptors (Lipinski definition) is 2. The summed E-state index contributed by atoms with van der Waals surface area (Å²) in [6.07, 6.45) is 5.41. The average Bonchev–Trinajstić information content (AvgIpc) is 2.16. The highest BCUT2D eigenvalue weighted by Gasteiger charge is 1.93. The lowest BCUT2D eigenvalue weighted by Gasteiger charge is -2.09. The molecule has 0 atom stereocenters. The van der Waals surface area contributed by atoms with Gasteiger partial charge in [-0.2, -0.15) is 0 Å². The Kier molecular flexibility index (Phi) is 9.10. The van der Waals surface area contributed by atoms with E-state index in [1.165, 1.54) is 12.8 Å². The molecule has 0 aliphatic carbocycles. The molecule has 78 valence electrons. The first kappa shape index (κ1) is 12.4. The molecule has 1 amide bonds. The molecule has 0 aromatic carbocycles. The molecule has 0 bridgehead atoms. The van der Waals surface area contributed by atoms with E-state index in [1.807, 2.05) is 0 Å². The van der Waals surface area contributed by atoms with Crippen LogP contribution in [-0.4, -0.2) is 38.1 Å². The average molecular weight is 187 g/mol. The van der Waals surface area contributed by atoms with Gasteiger partial charge in [-0.3, -0.25) is 4.79 Å². The van der Waals surface area contributed by atoms with Crippen molar-refractivity contribution in [2.75, 3.05) is 26.8 Å². The summed E-state index contributed by atoms with van der Waals surface area (Å²) in [5.74, 6) is 0. The fraction of sp³-hybridized carbons (Fsp3) is 0.900. The third-order valence-corrected chi connectivity index (χ3v) is 1.87. The second kappa shape index (κ2) is 9.52. The number of unbranched alkanes of at least 4 members (excludes halogenated alkanes) is 2. The molecule has 0 N–H and O–H groups in total. The lowest BCUT2D eigenvalue weighted by Crippen LogP contribution is -2.18. The van der Waals surface area contributed by atoms with Gasteiger partial charge in [0, 0.05) is 26.8 Å². The molecule has 0 unspecified atom stereocenters. The van der Waals surface area contributed by atoms with E-state index in [9.17, 15) is 4.79 Å². The summed E-state index contributed by atoms with van der Waals surface area (Å²) >= 11 is 0. The van der Waals surface area contributed by atoms with Crippen LogP contribution in [0.2, 0.25) is 0 Å². The van der Waals surface area contributed by atoms with Crippen molar-refractivity contribution in [1.29, 1.82) is 0 Å². The zero-order valence-corrected chi connectivity index (χ0v) is 8.79. The van der Waals surface area contributed by atoms with Crippen LogP contribution in [0.1, 0.15) is 32.6 Å². The number of hydrogen-bond donors (Lipinski definition) is 0. The van der Waals surface area contributed by atoms with Gasteiger partial charge in [0.05, 0.1) is 0 Å². The van der Waals surface area contributed by atoms with Crippen molar-refractivity contribution in [3.8, 4) is 0 Å². The summed E-state index contributed by atoms with van der Waals surface area (Å²) in [7, 11) is 1.78. The third-order valence-electron chi connectivity index (χ3n) is 1.87. The monoisotopic (exact) mass is 187 g/mol. The molecule has 0 aliphatic heterocycles. The largest absolute Gasteiger partial charge is 0.381 e. The van der Waals surface area contributed by atoms with Crippen molar-refractivity contribution in [3.05, 3.63) is 0 Å². The molecule has 0 aliphatic rings. The fourth-order valence-corrected chi connectivity index (χ4v) is 1.02. The van der Waals surface area contributed by atoms with E-state index >= 15 is 0 Å². The molecule has 0 rings (SSSR count). The second-order valence-corrected chi connectivity index (χ2v) is 3.26. The SMILES string of the molecule is CCCCCOCCCN(C)C=O. The maximum absolute atomic E-state index is 10.2. The van der Waals surface area contributed by atoms with Gasteiger partial charge in [-0.05, 0) is 12.8 Å². The van der Waals surface area contributed by atoms with Gasteiger partial charge in [-0.25, -0.2) is 0 Å². The number of nitrogens with zero attached hydrogens (tertiary/aromatic N) is 1. The van der Waals surface area contributed by atoms with Gasteiger partial charge < -0.3 is 9.64 Å². The van der Waals surface area contributed by atoms with Crippen LogP contribution in [0.4, 0.5) is 0 Å². The minimum atomic E-state index is 0.766. The van der Waals surface area contributed by atoms with Crippen LogP contribution in [0.15, 0.2) is 0 Å². The Morgan fingerprint density at radius 3 is 2.54 bits per heavy atom.